The van der Waals surface area contributed by atoms with Crippen LogP contribution < -0.4 is 11.1 Å². The molecule has 0 saturated carbocycles. The second-order valence-corrected chi connectivity index (χ2v) is 11.1. The third-order valence-corrected chi connectivity index (χ3v) is 9.28. The predicted octanol–water partition coefficient (Wildman–Crippen LogP) is 8.21. The molecule has 0 atom stereocenters. The van der Waals surface area contributed by atoms with Gasteiger partial charge >= 0.3 is 0 Å². The van der Waals surface area contributed by atoms with Crippen molar-refractivity contribution in [1.82, 2.24) is 4.57 Å². The molecule has 176 valence electrons. The molecule has 2 aromatic heterocycles. The first-order valence-electron chi connectivity index (χ1n) is 12.6. The number of nitrogens with zero attached hydrogens (tertiary/aromatic N) is 1. The Bertz CT molecular complexity index is 2460. The first-order chi connectivity index (χ1) is 18.7. The molecule has 0 N–H and O–H groups in total. The van der Waals surface area contributed by atoms with Crippen LogP contribution in [0, 0.1) is 0 Å². The highest BCUT2D eigenvalue weighted by Gasteiger charge is 2.21. The Labute approximate surface area is 219 Å². The lowest BCUT2D eigenvalue weighted by Gasteiger charge is -2.19. The van der Waals surface area contributed by atoms with Crippen molar-refractivity contribution in [2.75, 3.05) is 0 Å². The minimum absolute atomic E-state index is 0.276. The summed E-state index contributed by atoms with van der Waals surface area (Å²) in [7, 11) is 0. The second-order valence-electron chi connectivity index (χ2n) is 9.97. The Morgan fingerprint density at radius 3 is 1.53 bits per heavy atom. The smallest absolute Gasteiger partial charge is 0.265 e. The minimum Gasteiger partial charge on any atom is -0.268 e. The summed E-state index contributed by atoms with van der Waals surface area (Å²) in [6.07, 6.45) is 0. The lowest BCUT2D eigenvalue weighted by molar-refractivity contribution is 0.970. The Kier molecular flexibility index (Phi) is 3.70. The third-order valence-electron chi connectivity index (χ3n) is 8.14. The SMILES string of the molecule is O=c1c2ccc3c4ccc5sc6ccccc6c6ccc(c7ccc(c(=O)n1-c1ccccc1)c2c37)c4c56. The van der Waals surface area contributed by atoms with E-state index in [0.29, 0.717) is 16.5 Å². The molecule has 0 aliphatic carbocycles. The van der Waals surface area contributed by atoms with Crippen molar-refractivity contribution in [1.29, 1.82) is 0 Å². The molecule has 0 fully saturated rings. The Morgan fingerprint density at radius 1 is 0.395 bits per heavy atom. The van der Waals surface area contributed by atoms with E-state index in [1.165, 1.54) is 35.5 Å². The molecule has 38 heavy (non-hydrogen) atoms. The maximum atomic E-state index is 13.7. The van der Waals surface area contributed by atoms with Crippen molar-refractivity contribution in [2.24, 2.45) is 0 Å². The number of aromatic nitrogens is 1. The molecule has 9 aromatic rings. The number of fused-ring (bicyclic) bond motifs is 4. The summed E-state index contributed by atoms with van der Waals surface area (Å²) in [5.41, 5.74) is 0.0341. The average molecular weight is 504 g/mol. The minimum atomic E-state index is -0.276. The summed E-state index contributed by atoms with van der Waals surface area (Å²) in [6, 6.07) is 34.6. The summed E-state index contributed by atoms with van der Waals surface area (Å²) < 4.78 is 3.84. The van der Waals surface area contributed by atoms with Crippen LogP contribution in [0.1, 0.15) is 0 Å². The van der Waals surface area contributed by atoms with Gasteiger partial charge in [-0.1, -0.05) is 66.7 Å². The van der Waals surface area contributed by atoms with E-state index >= 15 is 0 Å². The highest BCUT2D eigenvalue weighted by atomic mass is 32.1. The number of para-hydroxylation sites is 1. The van der Waals surface area contributed by atoms with Crippen LogP contribution >= 0.6 is 11.3 Å². The summed E-state index contributed by atoms with van der Waals surface area (Å²) in [5, 5.41) is 12.4. The van der Waals surface area contributed by atoms with Crippen LogP contribution in [-0.4, -0.2) is 4.57 Å². The topological polar surface area (TPSA) is 39.1 Å². The van der Waals surface area contributed by atoms with Gasteiger partial charge in [-0.3, -0.25) is 9.59 Å². The average Bonchev–Trinajstić information content (AvgIpc) is 2.96. The van der Waals surface area contributed by atoms with Crippen LogP contribution in [-0.2, 0) is 0 Å². The molecule has 7 aromatic carbocycles. The fourth-order valence-electron chi connectivity index (χ4n) is 6.56. The summed E-state index contributed by atoms with van der Waals surface area (Å²) in [4.78, 5) is 27.5. The number of hydrogen-bond donors (Lipinski definition) is 0. The number of pyridine rings is 1. The molecule has 0 unspecified atom stereocenters. The van der Waals surface area contributed by atoms with E-state index < -0.39 is 0 Å². The van der Waals surface area contributed by atoms with E-state index in [1.807, 2.05) is 41.7 Å². The standard InChI is InChI=1S/C34H17NO2S/c36-33-25-14-12-21-23-11-10-20-19-8-4-5-9-27(19)38-28-17-16-24(30(23)32(20)28)22-13-15-26(31(25)29(21)22)34(37)35(33)18-6-2-1-3-7-18/h1-17H. The van der Waals surface area contributed by atoms with E-state index in [0.717, 1.165) is 32.3 Å². The van der Waals surface area contributed by atoms with Crippen LogP contribution in [0.2, 0.25) is 0 Å². The number of rotatable bonds is 1. The van der Waals surface area contributed by atoms with E-state index in [-0.39, 0.29) is 11.1 Å². The Morgan fingerprint density at radius 2 is 0.868 bits per heavy atom. The zero-order valence-corrected chi connectivity index (χ0v) is 20.8. The predicted molar refractivity (Wildman–Crippen MR) is 161 cm³/mol. The number of benzene rings is 7. The first kappa shape index (κ1) is 20.3. The zero-order valence-electron chi connectivity index (χ0n) is 20.0. The van der Waals surface area contributed by atoms with E-state index in [1.54, 1.807) is 12.1 Å². The van der Waals surface area contributed by atoms with Crippen molar-refractivity contribution in [3.05, 3.63) is 124 Å². The molecule has 0 amide bonds. The van der Waals surface area contributed by atoms with Gasteiger partial charge in [-0.05, 0) is 79.5 Å². The van der Waals surface area contributed by atoms with E-state index in [2.05, 4.69) is 60.7 Å². The monoisotopic (exact) mass is 503 g/mol. The maximum Gasteiger partial charge on any atom is 0.265 e. The molecule has 2 heterocycles. The van der Waals surface area contributed by atoms with Gasteiger partial charge in [-0.15, -0.1) is 11.3 Å². The summed E-state index contributed by atoms with van der Waals surface area (Å²) in [6.45, 7) is 0. The molecule has 0 aliphatic heterocycles. The van der Waals surface area contributed by atoms with Gasteiger partial charge in [0.2, 0.25) is 0 Å². The molecule has 3 nitrogen and oxygen atoms in total. The molecular weight excluding hydrogens is 486 g/mol. The Hall–Kier alpha value is -4.80. The van der Waals surface area contributed by atoms with Gasteiger partial charge in [0, 0.05) is 30.9 Å². The summed E-state index contributed by atoms with van der Waals surface area (Å²) >= 11 is 1.82. The first-order valence-corrected chi connectivity index (χ1v) is 13.4. The quantitative estimate of drug-likeness (QED) is 0.167. The largest absolute Gasteiger partial charge is 0.268 e. The van der Waals surface area contributed by atoms with Crippen molar-refractivity contribution < 1.29 is 0 Å². The maximum absolute atomic E-state index is 13.7. The fraction of sp³-hybridized carbons (Fsp3) is 0. The molecule has 9 rings (SSSR count). The van der Waals surface area contributed by atoms with Gasteiger partial charge in [-0.2, -0.15) is 0 Å². The third kappa shape index (κ3) is 2.34. The van der Waals surface area contributed by atoms with Crippen molar-refractivity contribution in [3.8, 4) is 5.69 Å². The van der Waals surface area contributed by atoms with Gasteiger partial charge in [0.25, 0.3) is 11.1 Å². The van der Waals surface area contributed by atoms with Crippen molar-refractivity contribution in [2.45, 2.75) is 0 Å². The molecule has 0 spiro atoms. The van der Waals surface area contributed by atoms with Gasteiger partial charge in [0.05, 0.1) is 5.69 Å². The van der Waals surface area contributed by atoms with E-state index in [9.17, 15) is 9.59 Å². The molecule has 4 heteroatoms. The van der Waals surface area contributed by atoms with Gasteiger partial charge in [-0.25, -0.2) is 4.57 Å². The second kappa shape index (κ2) is 6.94. The molecule has 0 radical (unpaired) electrons. The van der Waals surface area contributed by atoms with Crippen LogP contribution in [0.15, 0.2) is 113 Å². The molecular formula is C34H17NO2S. The molecule has 0 bridgehead atoms. The Balaban J connectivity index is 1.53. The fourth-order valence-corrected chi connectivity index (χ4v) is 7.69. The molecule has 0 saturated heterocycles. The van der Waals surface area contributed by atoms with Crippen molar-refractivity contribution in [3.63, 3.8) is 0 Å². The van der Waals surface area contributed by atoms with Gasteiger partial charge < -0.3 is 0 Å². The summed E-state index contributed by atoms with van der Waals surface area (Å²) in [5.74, 6) is 0. The van der Waals surface area contributed by atoms with Crippen LogP contribution in [0.3, 0.4) is 0 Å². The van der Waals surface area contributed by atoms with Crippen molar-refractivity contribution >= 4 is 85.4 Å². The van der Waals surface area contributed by atoms with Crippen LogP contribution in [0.25, 0.3) is 79.7 Å². The van der Waals surface area contributed by atoms with E-state index in [4.69, 9.17) is 0 Å². The highest BCUT2D eigenvalue weighted by molar-refractivity contribution is 7.25. The van der Waals surface area contributed by atoms with Gasteiger partial charge in [0.15, 0.2) is 0 Å². The lowest BCUT2D eigenvalue weighted by Crippen LogP contribution is -2.31. The lowest BCUT2D eigenvalue weighted by atomic mass is 9.86. The van der Waals surface area contributed by atoms with Gasteiger partial charge in [0.1, 0.15) is 0 Å². The van der Waals surface area contributed by atoms with Crippen LogP contribution in [0.4, 0.5) is 0 Å². The highest BCUT2D eigenvalue weighted by Crippen LogP contribution is 2.46. The molecule has 0 aliphatic rings. The normalized spacial score (nSPS) is 12.4. The van der Waals surface area contributed by atoms with Crippen LogP contribution in [0.5, 0.6) is 0 Å². The zero-order chi connectivity index (χ0) is 25.1. The number of hydrogen-bond acceptors (Lipinski definition) is 3.